The van der Waals surface area contributed by atoms with Gasteiger partial charge in [0.2, 0.25) is 0 Å². The van der Waals surface area contributed by atoms with Gasteiger partial charge in [-0.1, -0.05) is 48.9 Å². The summed E-state index contributed by atoms with van der Waals surface area (Å²) in [5, 5.41) is 0. The van der Waals surface area contributed by atoms with Crippen LogP contribution in [0.15, 0.2) is 71.0 Å². The van der Waals surface area contributed by atoms with Gasteiger partial charge in [0.15, 0.2) is 0 Å². The van der Waals surface area contributed by atoms with E-state index >= 15 is 0 Å². The van der Waals surface area contributed by atoms with Gasteiger partial charge in [-0.3, -0.25) is 0 Å². The van der Waals surface area contributed by atoms with E-state index in [0.717, 1.165) is 21.8 Å². The van der Waals surface area contributed by atoms with Crippen molar-refractivity contribution >= 4 is 10.8 Å². The Morgan fingerprint density at radius 1 is 1.15 bits per heavy atom. The molecular weight excluding hydrogens is 264 g/mol. The molecule has 1 nitrogen and oxygen atoms in total. The maximum atomic E-state index is 12.8. The second-order valence-corrected chi connectivity index (χ2v) is 6.49. The summed E-state index contributed by atoms with van der Waals surface area (Å²) in [6.45, 7) is 7.97. The standard InChI is InChI=1S/C18H20OS/c1-4-7-15(3)17-8-5-6-9-18(17)20(19)16-12-10-14(2)11-13-16/h4-6,8-13,15H,1,7H2,2-3H3/t15-,20?/m1/s1. The van der Waals surface area contributed by atoms with Crippen LogP contribution in [-0.2, 0) is 10.8 Å². The van der Waals surface area contributed by atoms with E-state index in [1.807, 2.05) is 55.5 Å². The quantitative estimate of drug-likeness (QED) is 0.718. The van der Waals surface area contributed by atoms with E-state index in [2.05, 4.69) is 19.6 Å². The molecule has 0 aliphatic carbocycles. The Balaban J connectivity index is 2.39. The molecule has 20 heavy (non-hydrogen) atoms. The molecule has 0 saturated heterocycles. The van der Waals surface area contributed by atoms with Gasteiger partial charge in [-0.05, 0) is 43.0 Å². The molecule has 0 N–H and O–H groups in total. The van der Waals surface area contributed by atoms with Crippen LogP contribution in [0.2, 0.25) is 0 Å². The highest BCUT2D eigenvalue weighted by Crippen LogP contribution is 2.28. The van der Waals surface area contributed by atoms with Crippen LogP contribution in [-0.4, -0.2) is 4.21 Å². The van der Waals surface area contributed by atoms with E-state index < -0.39 is 10.8 Å². The lowest BCUT2D eigenvalue weighted by Gasteiger charge is -2.14. The van der Waals surface area contributed by atoms with Gasteiger partial charge in [0.1, 0.15) is 0 Å². The van der Waals surface area contributed by atoms with Gasteiger partial charge in [-0.15, -0.1) is 6.58 Å². The lowest BCUT2D eigenvalue weighted by molar-refractivity contribution is 0.679. The minimum absolute atomic E-state index is 0.332. The minimum atomic E-state index is -1.13. The molecule has 0 aliphatic rings. The normalized spacial score (nSPS) is 13.7. The number of hydrogen-bond donors (Lipinski definition) is 0. The highest BCUT2D eigenvalue weighted by molar-refractivity contribution is 7.85. The summed E-state index contributed by atoms with van der Waals surface area (Å²) >= 11 is 0. The van der Waals surface area contributed by atoms with Crippen molar-refractivity contribution < 1.29 is 4.21 Å². The predicted molar refractivity (Wildman–Crippen MR) is 85.5 cm³/mol. The molecule has 104 valence electrons. The first-order valence-electron chi connectivity index (χ1n) is 6.81. The molecule has 1 unspecified atom stereocenters. The average molecular weight is 284 g/mol. The molecule has 0 bridgehead atoms. The largest absolute Gasteiger partial charge is 0.249 e. The predicted octanol–water partition coefficient (Wildman–Crippen LogP) is 4.84. The van der Waals surface area contributed by atoms with Crippen molar-refractivity contribution in [1.82, 2.24) is 0 Å². The molecule has 0 fully saturated rings. The highest BCUT2D eigenvalue weighted by atomic mass is 32.2. The lowest BCUT2D eigenvalue weighted by Crippen LogP contribution is -2.01. The first kappa shape index (κ1) is 14.7. The van der Waals surface area contributed by atoms with E-state index in [1.165, 1.54) is 5.56 Å². The van der Waals surface area contributed by atoms with Crippen molar-refractivity contribution in [2.24, 2.45) is 0 Å². The Morgan fingerprint density at radius 3 is 2.45 bits per heavy atom. The van der Waals surface area contributed by atoms with E-state index in [0.29, 0.717) is 5.92 Å². The molecule has 2 heteroatoms. The summed E-state index contributed by atoms with van der Waals surface area (Å²) in [6.07, 6.45) is 2.80. The third-order valence-electron chi connectivity index (χ3n) is 3.40. The third kappa shape index (κ3) is 3.26. The highest BCUT2D eigenvalue weighted by Gasteiger charge is 2.15. The zero-order valence-corrected chi connectivity index (χ0v) is 12.8. The Labute approximate surface area is 123 Å². The lowest BCUT2D eigenvalue weighted by atomic mass is 9.98. The molecule has 2 aromatic carbocycles. The number of benzene rings is 2. The summed E-state index contributed by atoms with van der Waals surface area (Å²) in [6, 6.07) is 15.9. The van der Waals surface area contributed by atoms with Crippen molar-refractivity contribution in [2.75, 3.05) is 0 Å². The van der Waals surface area contributed by atoms with E-state index in [9.17, 15) is 4.21 Å². The zero-order valence-electron chi connectivity index (χ0n) is 12.0. The Kier molecular flexibility index (Phi) is 4.91. The zero-order chi connectivity index (χ0) is 14.5. The van der Waals surface area contributed by atoms with Crippen molar-refractivity contribution in [3.63, 3.8) is 0 Å². The van der Waals surface area contributed by atoms with Crippen molar-refractivity contribution in [3.8, 4) is 0 Å². The summed E-state index contributed by atoms with van der Waals surface area (Å²) in [4.78, 5) is 1.76. The van der Waals surface area contributed by atoms with Crippen molar-refractivity contribution in [2.45, 2.75) is 36.0 Å². The van der Waals surface area contributed by atoms with Crippen LogP contribution in [0.3, 0.4) is 0 Å². The molecular formula is C18H20OS. The monoisotopic (exact) mass is 284 g/mol. The van der Waals surface area contributed by atoms with Gasteiger partial charge in [-0.2, -0.15) is 0 Å². The van der Waals surface area contributed by atoms with E-state index in [4.69, 9.17) is 0 Å². The molecule has 0 amide bonds. The maximum Gasteiger partial charge on any atom is 0.0852 e. The topological polar surface area (TPSA) is 17.1 Å². The molecule has 0 radical (unpaired) electrons. The molecule has 0 heterocycles. The van der Waals surface area contributed by atoms with Crippen LogP contribution in [0.4, 0.5) is 0 Å². The second-order valence-electron chi connectivity index (χ2n) is 5.05. The molecule has 0 spiro atoms. The van der Waals surface area contributed by atoms with Crippen LogP contribution in [0.5, 0.6) is 0 Å². The summed E-state index contributed by atoms with van der Waals surface area (Å²) in [5.41, 5.74) is 2.32. The van der Waals surface area contributed by atoms with Crippen LogP contribution < -0.4 is 0 Å². The summed E-state index contributed by atoms with van der Waals surface area (Å²) in [7, 11) is -1.13. The third-order valence-corrected chi connectivity index (χ3v) is 4.88. The van der Waals surface area contributed by atoms with Gasteiger partial charge < -0.3 is 0 Å². The van der Waals surface area contributed by atoms with Crippen molar-refractivity contribution in [1.29, 1.82) is 0 Å². The van der Waals surface area contributed by atoms with Crippen LogP contribution >= 0.6 is 0 Å². The van der Waals surface area contributed by atoms with Gasteiger partial charge in [0, 0.05) is 9.79 Å². The molecule has 0 aliphatic heterocycles. The van der Waals surface area contributed by atoms with Gasteiger partial charge >= 0.3 is 0 Å². The fourth-order valence-corrected chi connectivity index (χ4v) is 3.54. The molecule has 0 saturated carbocycles. The number of rotatable bonds is 5. The SMILES string of the molecule is C=CC[C@@H](C)c1ccccc1S(=O)c1ccc(C)cc1. The fraction of sp³-hybridized carbons (Fsp3) is 0.222. The molecule has 2 rings (SSSR count). The fourth-order valence-electron chi connectivity index (χ4n) is 2.22. The first-order chi connectivity index (χ1) is 9.63. The van der Waals surface area contributed by atoms with Crippen LogP contribution in [0.25, 0.3) is 0 Å². The Morgan fingerprint density at radius 2 is 1.80 bits per heavy atom. The second kappa shape index (κ2) is 6.67. The summed E-state index contributed by atoms with van der Waals surface area (Å²) in [5.74, 6) is 0.332. The summed E-state index contributed by atoms with van der Waals surface area (Å²) < 4.78 is 12.8. The molecule has 2 atom stereocenters. The first-order valence-corrected chi connectivity index (χ1v) is 7.96. The van der Waals surface area contributed by atoms with Gasteiger partial charge in [-0.25, -0.2) is 4.21 Å². The van der Waals surface area contributed by atoms with Crippen LogP contribution in [0.1, 0.15) is 30.4 Å². The average Bonchev–Trinajstić information content (AvgIpc) is 2.47. The van der Waals surface area contributed by atoms with Gasteiger partial charge in [0.25, 0.3) is 0 Å². The molecule has 2 aromatic rings. The van der Waals surface area contributed by atoms with Crippen LogP contribution in [0, 0.1) is 6.92 Å². The van der Waals surface area contributed by atoms with E-state index in [-0.39, 0.29) is 0 Å². The Bertz CT molecular complexity index is 614. The smallest absolute Gasteiger partial charge is 0.0852 e. The molecule has 0 aromatic heterocycles. The number of hydrogen-bond acceptors (Lipinski definition) is 1. The van der Waals surface area contributed by atoms with Gasteiger partial charge in [0.05, 0.1) is 10.8 Å². The Hall–Kier alpha value is -1.67. The minimum Gasteiger partial charge on any atom is -0.249 e. The van der Waals surface area contributed by atoms with Crippen molar-refractivity contribution in [3.05, 3.63) is 72.3 Å². The maximum absolute atomic E-state index is 12.8. The number of allylic oxidation sites excluding steroid dienone is 1. The van der Waals surface area contributed by atoms with E-state index in [1.54, 1.807) is 0 Å². The number of aryl methyl sites for hydroxylation is 1.